The summed E-state index contributed by atoms with van der Waals surface area (Å²) < 4.78 is 0. The second kappa shape index (κ2) is 7.36. The maximum atomic E-state index is 3.61. The summed E-state index contributed by atoms with van der Waals surface area (Å²) in [6, 6.07) is 2.93. The molecule has 0 amide bonds. The Morgan fingerprint density at radius 3 is 2.75 bits per heavy atom. The molecule has 0 aliphatic carbocycles. The van der Waals surface area contributed by atoms with E-state index in [4.69, 9.17) is 0 Å². The van der Waals surface area contributed by atoms with Gasteiger partial charge < -0.3 is 5.32 Å². The van der Waals surface area contributed by atoms with Crippen molar-refractivity contribution in [3.63, 3.8) is 0 Å². The van der Waals surface area contributed by atoms with Crippen LogP contribution in [0, 0.1) is 13.8 Å². The van der Waals surface area contributed by atoms with Gasteiger partial charge in [0.1, 0.15) is 0 Å². The molecule has 0 aliphatic rings. The number of rotatable bonds is 7. The first-order valence-electron chi connectivity index (χ1n) is 6.00. The van der Waals surface area contributed by atoms with Gasteiger partial charge in [-0.05, 0) is 50.3 Å². The average Bonchev–Trinajstić information content (AvgIpc) is 2.55. The summed E-state index contributed by atoms with van der Waals surface area (Å²) in [7, 11) is 0. The first-order valence-corrected chi connectivity index (χ1v) is 7.97. The van der Waals surface area contributed by atoms with Gasteiger partial charge in [-0.3, -0.25) is 0 Å². The molecule has 92 valence electrons. The number of thioether (sulfide) groups is 1. The summed E-state index contributed by atoms with van der Waals surface area (Å²) in [5.74, 6) is 2.50. The Morgan fingerprint density at radius 1 is 1.44 bits per heavy atom. The molecular formula is C13H23NS2. The van der Waals surface area contributed by atoms with Crippen LogP contribution in [0.4, 0.5) is 0 Å². The van der Waals surface area contributed by atoms with Crippen molar-refractivity contribution in [3.05, 3.63) is 21.4 Å². The minimum Gasteiger partial charge on any atom is -0.310 e. The SMILES string of the molecule is CCSCCC(C)NCc1cc(C)sc1C. The molecule has 1 aromatic heterocycles. The van der Waals surface area contributed by atoms with E-state index in [9.17, 15) is 0 Å². The van der Waals surface area contributed by atoms with Gasteiger partial charge in [0, 0.05) is 22.3 Å². The normalized spacial score (nSPS) is 13.0. The standard InChI is InChI=1S/C13H23NS2/c1-5-15-7-6-10(2)14-9-13-8-11(3)16-12(13)4/h8,10,14H,5-7,9H2,1-4H3. The van der Waals surface area contributed by atoms with Gasteiger partial charge in [-0.25, -0.2) is 0 Å². The van der Waals surface area contributed by atoms with E-state index in [1.807, 2.05) is 23.1 Å². The second-order valence-electron chi connectivity index (χ2n) is 4.21. The lowest BCUT2D eigenvalue weighted by Gasteiger charge is -2.13. The Labute approximate surface area is 108 Å². The van der Waals surface area contributed by atoms with Crippen LogP contribution in [-0.4, -0.2) is 17.5 Å². The van der Waals surface area contributed by atoms with E-state index in [1.54, 1.807) is 0 Å². The van der Waals surface area contributed by atoms with Gasteiger partial charge in [-0.2, -0.15) is 11.8 Å². The topological polar surface area (TPSA) is 12.0 Å². The first-order chi connectivity index (χ1) is 7.63. The van der Waals surface area contributed by atoms with Crippen LogP contribution in [0.1, 0.15) is 35.6 Å². The molecule has 0 spiro atoms. The molecule has 1 atom stereocenters. The summed E-state index contributed by atoms with van der Waals surface area (Å²) in [5, 5.41) is 3.61. The van der Waals surface area contributed by atoms with Crippen LogP contribution >= 0.6 is 23.1 Å². The molecule has 0 bridgehead atoms. The van der Waals surface area contributed by atoms with Crippen molar-refractivity contribution in [2.24, 2.45) is 0 Å². The zero-order chi connectivity index (χ0) is 12.0. The fraction of sp³-hybridized carbons (Fsp3) is 0.692. The highest BCUT2D eigenvalue weighted by Crippen LogP contribution is 2.20. The fourth-order valence-corrected chi connectivity index (χ4v) is 3.40. The Hall–Kier alpha value is 0.01000. The number of aryl methyl sites for hydroxylation is 2. The summed E-state index contributed by atoms with van der Waals surface area (Å²) in [4.78, 5) is 2.88. The summed E-state index contributed by atoms with van der Waals surface area (Å²) in [6.07, 6.45) is 1.26. The molecule has 0 saturated heterocycles. The van der Waals surface area contributed by atoms with Crippen LogP contribution in [0.2, 0.25) is 0 Å². The van der Waals surface area contributed by atoms with Crippen molar-refractivity contribution in [3.8, 4) is 0 Å². The minimum atomic E-state index is 0.624. The highest BCUT2D eigenvalue weighted by molar-refractivity contribution is 7.99. The first kappa shape index (κ1) is 14.1. The molecule has 0 aromatic carbocycles. The maximum absolute atomic E-state index is 3.61. The molecule has 0 fully saturated rings. The molecule has 0 radical (unpaired) electrons. The van der Waals surface area contributed by atoms with E-state index in [0.29, 0.717) is 6.04 Å². The van der Waals surface area contributed by atoms with Crippen molar-refractivity contribution in [2.75, 3.05) is 11.5 Å². The third kappa shape index (κ3) is 4.89. The van der Waals surface area contributed by atoms with E-state index in [0.717, 1.165) is 6.54 Å². The van der Waals surface area contributed by atoms with Gasteiger partial charge in [-0.15, -0.1) is 11.3 Å². The van der Waals surface area contributed by atoms with Crippen molar-refractivity contribution in [1.82, 2.24) is 5.32 Å². The lowest BCUT2D eigenvalue weighted by atomic mass is 10.2. The summed E-state index contributed by atoms with van der Waals surface area (Å²) in [6.45, 7) is 9.92. The number of hydrogen-bond donors (Lipinski definition) is 1. The molecule has 3 heteroatoms. The van der Waals surface area contributed by atoms with Gasteiger partial charge in [0.05, 0.1) is 0 Å². The van der Waals surface area contributed by atoms with E-state index in [2.05, 4.69) is 39.1 Å². The van der Waals surface area contributed by atoms with Crippen LogP contribution < -0.4 is 5.32 Å². The summed E-state index contributed by atoms with van der Waals surface area (Å²) in [5.41, 5.74) is 1.47. The van der Waals surface area contributed by atoms with Gasteiger partial charge in [0.2, 0.25) is 0 Å². The monoisotopic (exact) mass is 257 g/mol. The highest BCUT2D eigenvalue weighted by atomic mass is 32.2. The van der Waals surface area contributed by atoms with Crippen LogP contribution in [0.5, 0.6) is 0 Å². The Kier molecular flexibility index (Phi) is 6.47. The van der Waals surface area contributed by atoms with Crippen molar-refractivity contribution in [2.45, 2.75) is 46.7 Å². The quantitative estimate of drug-likeness (QED) is 0.741. The number of hydrogen-bond acceptors (Lipinski definition) is 3. The molecular weight excluding hydrogens is 234 g/mol. The Balaban J connectivity index is 2.26. The van der Waals surface area contributed by atoms with Crippen LogP contribution in [0.25, 0.3) is 0 Å². The maximum Gasteiger partial charge on any atom is 0.0218 e. The molecule has 0 aliphatic heterocycles. The molecule has 1 nitrogen and oxygen atoms in total. The molecule has 1 N–H and O–H groups in total. The van der Waals surface area contributed by atoms with Gasteiger partial charge in [0.15, 0.2) is 0 Å². The highest BCUT2D eigenvalue weighted by Gasteiger charge is 2.05. The molecule has 1 heterocycles. The second-order valence-corrected chi connectivity index (χ2v) is 7.06. The van der Waals surface area contributed by atoms with Gasteiger partial charge in [-0.1, -0.05) is 6.92 Å². The van der Waals surface area contributed by atoms with Crippen LogP contribution in [0.3, 0.4) is 0 Å². The predicted molar refractivity (Wildman–Crippen MR) is 77.7 cm³/mol. The molecule has 1 rings (SSSR count). The molecule has 0 saturated carbocycles. The van der Waals surface area contributed by atoms with E-state index < -0.39 is 0 Å². The zero-order valence-electron chi connectivity index (χ0n) is 10.8. The van der Waals surface area contributed by atoms with E-state index in [-0.39, 0.29) is 0 Å². The Morgan fingerprint density at radius 2 is 2.19 bits per heavy atom. The molecule has 1 aromatic rings. The van der Waals surface area contributed by atoms with Gasteiger partial charge in [0.25, 0.3) is 0 Å². The third-order valence-corrected chi connectivity index (χ3v) is 4.62. The van der Waals surface area contributed by atoms with Crippen molar-refractivity contribution >= 4 is 23.1 Å². The lowest BCUT2D eigenvalue weighted by Crippen LogP contribution is -2.26. The van der Waals surface area contributed by atoms with Crippen molar-refractivity contribution < 1.29 is 0 Å². The minimum absolute atomic E-state index is 0.624. The smallest absolute Gasteiger partial charge is 0.0218 e. The summed E-state index contributed by atoms with van der Waals surface area (Å²) >= 11 is 3.93. The fourth-order valence-electron chi connectivity index (χ4n) is 1.65. The van der Waals surface area contributed by atoms with Crippen molar-refractivity contribution in [1.29, 1.82) is 0 Å². The molecule has 1 unspecified atom stereocenters. The zero-order valence-corrected chi connectivity index (χ0v) is 12.4. The predicted octanol–water partition coefficient (Wildman–Crippen LogP) is 3.99. The van der Waals surface area contributed by atoms with E-state index >= 15 is 0 Å². The van der Waals surface area contributed by atoms with Gasteiger partial charge >= 0.3 is 0 Å². The number of nitrogens with one attached hydrogen (secondary N) is 1. The van der Waals surface area contributed by atoms with E-state index in [1.165, 1.54) is 33.2 Å². The Bertz CT molecular complexity index is 307. The van der Waals surface area contributed by atoms with Crippen LogP contribution in [-0.2, 0) is 6.54 Å². The third-order valence-electron chi connectivity index (χ3n) is 2.68. The average molecular weight is 257 g/mol. The largest absolute Gasteiger partial charge is 0.310 e. The van der Waals surface area contributed by atoms with Crippen LogP contribution in [0.15, 0.2) is 6.07 Å². The number of thiophene rings is 1. The molecule has 16 heavy (non-hydrogen) atoms. The lowest BCUT2D eigenvalue weighted by molar-refractivity contribution is 0.537.